The van der Waals surface area contributed by atoms with Crippen LogP contribution >= 0.6 is 0 Å². The summed E-state index contributed by atoms with van der Waals surface area (Å²) in [6, 6.07) is 2.44. The van der Waals surface area contributed by atoms with Crippen LogP contribution < -0.4 is 0 Å². The molecule has 3 nitrogen and oxygen atoms in total. The van der Waals surface area contributed by atoms with Gasteiger partial charge in [0.1, 0.15) is 5.60 Å². The minimum Gasteiger partial charge on any atom is -0.385 e. The Kier molecular flexibility index (Phi) is 3.47. The lowest BCUT2D eigenvalue weighted by Crippen LogP contribution is -2.53. The highest BCUT2D eigenvalue weighted by atomic mass is 16.5. The van der Waals surface area contributed by atoms with E-state index in [0.717, 1.165) is 31.6 Å². The van der Waals surface area contributed by atoms with E-state index < -0.39 is 11.0 Å². The van der Waals surface area contributed by atoms with Gasteiger partial charge in [0.05, 0.1) is 17.6 Å². The zero-order valence-electron chi connectivity index (χ0n) is 10.9. The SMILES string of the molecule is CCC1CCC(C#N)(C2(O)CCOC2C)CC1. The fraction of sp³-hybridized carbons (Fsp3) is 0.929. The fourth-order valence-corrected chi connectivity index (χ4v) is 3.58. The molecule has 0 amide bonds. The molecule has 0 aromatic carbocycles. The highest BCUT2D eigenvalue weighted by Crippen LogP contribution is 2.51. The van der Waals surface area contributed by atoms with E-state index in [1.54, 1.807) is 0 Å². The zero-order chi connectivity index (χ0) is 12.5. The lowest BCUT2D eigenvalue weighted by Gasteiger charge is -2.45. The van der Waals surface area contributed by atoms with Gasteiger partial charge in [-0.25, -0.2) is 0 Å². The second-order valence-electron chi connectivity index (χ2n) is 5.73. The van der Waals surface area contributed by atoms with Crippen LogP contribution in [0.5, 0.6) is 0 Å². The largest absolute Gasteiger partial charge is 0.385 e. The summed E-state index contributed by atoms with van der Waals surface area (Å²) in [6.45, 7) is 4.69. The number of rotatable bonds is 2. The van der Waals surface area contributed by atoms with Crippen molar-refractivity contribution >= 4 is 0 Å². The molecule has 0 aromatic rings. The highest BCUT2D eigenvalue weighted by Gasteiger charge is 2.57. The molecule has 1 aliphatic heterocycles. The van der Waals surface area contributed by atoms with E-state index in [-0.39, 0.29) is 6.10 Å². The van der Waals surface area contributed by atoms with Crippen molar-refractivity contribution in [1.82, 2.24) is 0 Å². The van der Waals surface area contributed by atoms with E-state index in [1.807, 2.05) is 6.92 Å². The molecule has 2 aliphatic rings. The van der Waals surface area contributed by atoms with Crippen molar-refractivity contribution in [3.63, 3.8) is 0 Å². The number of hydrogen-bond acceptors (Lipinski definition) is 3. The first kappa shape index (κ1) is 12.9. The molecule has 0 bridgehead atoms. The number of nitriles is 1. The van der Waals surface area contributed by atoms with Gasteiger partial charge in [0.25, 0.3) is 0 Å². The van der Waals surface area contributed by atoms with Crippen LogP contribution in [0, 0.1) is 22.7 Å². The van der Waals surface area contributed by atoms with Gasteiger partial charge in [0.2, 0.25) is 0 Å². The van der Waals surface area contributed by atoms with Crippen LogP contribution in [0.4, 0.5) is 0 Å². The average Bonchev–Trinajstić information content (AvgIpc) is 2.71. The molecule has 3 heteroatoms. The van der Waals surface area contributed by atoms with E-state index in [4.69, 9.17) is 4.74 Å². The smallest absolute Gasteiger partial charge is 0.111 e. The summed E-state index contributed by atoms with van der Waals surface area (Å²) in [5.41, 5.74) is -1.50. The Morgan fingerprint density at radius 2 is 2.00 bits per heavy atom. The van der Waals surface area contributed by atoms with E-state index in [1.165, 1.54) is 6.42 Å². The second kappa shape index (κ2) is 4.59. The Morgan fingerprint density at radius 1 is 1.35 bits per heavy atom. The van der Waals surface area contributed by atoms with Gasteiger partial charge < -0.3 is 9.84 Å². The van der Waals surface area contributed by atoms with Crippen LogP contribution in [-0.4, -0.2) is 23.4 Å². The van der Waals surface area contributed by atoms with E-state index in [9.17, 15) is 10.4 Å². The average molecular weight is 237 g/mol. The van der Waals surface area contributed by atoms with Gasteiger partial charge in [0, 0.05) is 13.0 Å². The molecule has 0 radical (unpaired) electrons. The number of hydrogen-bond donors (Lipinski definition) is 1. The molecular formula is C14H23NO2. The number of nitrogens with zero attached hydrogens (tertiary/aromatic N) is 1. The van der Waals surface area contributed by atoms with Crippen molar-refractivity contribution < 1.29 is 9.84 Å². The standard InChI is InChI=1S/C14H23NO2/c1-3-12-4-6-13(10-15,7-5-12)14(16)8-9-17-11(14)2/h11-12,16H,3-9H2,1-2H3. The Bertz CT molecular complexity index is 315. The van der Waals surface area contributed by atoms with Crippen LogP contribution in [-0.2, 0) is 4.74 Å². The minimum absolute atomic E-state index is 0.208. The van der Waals surface area contributed by atoms with Crippen LogP contribution in [0.25, 0.3) is 0 Å². The quantitative estimate of drug-likeness (QED) is 0.803. The summed E-state index contributed by atoms with van der Waals surface area (Å²) in [5.74, 6) is 0.734. The van der Waals surface area contributed by atoms with Gasteiger partial charge in [-0.05, 0) is 38.5 Å². The third-order valence-electron chi connectivity index (χ3n) is 5.10. The molecule has 0 aromatic heterocycles. The normalized spacial score (nSPS) is 46.7. The predicted octanol–water partition coefficient (Wildman–Crippen LogP) is 2.64. The maximum atomic E-state index is 10.8. The van der Waals surface area contributed by atoms with Gasteiger partial charge in [-0.3, -0.25) is 0 Å². The fourth-order valence-electron chi connectivity index (χ4n) is 3.58. The first-order chi connectivity index (χ1) is 8.08. The van der Waals surface area contributed by atoms with Crippen molar-refractivity contribution in [3.05, 3.63) is 0 Å². The lowest BCUT2D eigenvalue weighted by atomic mass is 9.60. The Balaban J connectivity index is 2.19. The third kappa shape index (κ3) is 1.88. The summed E-state index contributed by atoms with van der Waals surface area (Å²) in [5, 5.41) is 20.4. The summed E-state index contributed by atoms with van der Waals surface area (Å²) >= 11 is 0. The number of aliphatic hydroxyl groups is 1. The van der Waals surface area contributed by atoms with Gasteiger partial charge in [-0.2, -0.15) is 5.26 Å². The lowest BCUT2D eigenvalue weighted by molar-refractivity contribution is -0.114. The molecule has 17 heavy (non-hydrogen) atoms. The van der Waals surface area contributed by atoms with Crippen LogP contribution in [0.15, 0.2) is 0 Å². The van der Waals surface area contributed by atoms with Crippen molar-refractivity contribution in [2.45, 2.75) is 64.1 Å². The van der Waals surface area contributed by atoms with Crippen molar-refractivity contribution in [2.24, 2.45) is 11.3 Å². The maximum Gasteiger partial charge on any atom is 0.111 e. The molecule has 96 valence electrons. The first-order valence-electron chi connectivity index (χ1n) is 6.83. The molecule has 2 atom stereocenters. The maximum absolute atomic E-state index is 10.8. The van der Waals surface area contributed by atoms with Gasteiger partial charge >= 0.3 is 0 Å². The highest BCUT2D eigenvalue weighted by molar-refractivity contribution is 5.16. The van der Waals surface area contributed by atoms with E-state index >= 15 is 0 Å². The zero-order valence-corrected chi connectivity index (χ0v) is 10.9. The summed E-state index contributed by atoms with van der Waals surface area (Å²) in [6.07, 6.45) is 5.38. The van der Waals surface area contributed by atoms with Gasteiger partial charge in [-0.15, -0.1) is 0 Å². The van der Waals surface area contributed by atoms with Gasteiger partial charge in [0.15, 0.2) is 0 Å². The molecule has 0 spiro atoms. The van der Waals surface area contributed by atoms with E-state index in [2.05, 4.69) is 13.0 Å². The first-order valence-corrected chi connectivity index (χ1v) is 6.83. The molecule has 2 unspecified atom stereocenters. The van der Waals surface area contributed by atoms with Crippen molar-refractivity contribution in [3.8, 4) is 6.07 Å². The molecule has 1 heterocycles. The molecule has 2 rings (SSSR count). The minimum atomic E-state index is -0.930. The third-order valence-corrected chi connectivity index (χ3v) is 5.10. The van der Waals surface area contributed by atoms with Gasteiger partial charge in [-0.1, -0.05) is 13.3 Å². The van der Waals surface area contributed by atoms with Crippen LogP contribution in [0.1, 0.15) is 52.4 Å². The van der Waals surface area contributed by atoms with Crippen molar-refractivity contribution in [2.75, 3.05) is 6.61 Å². The van der Waals surface area contributed by atoms with Crippen LogP contribution in [0.2, 0.25) is 0 Å². The van der Waals surface area contributed by atoms with Crippen molar-refractivity contribution in [1.29, 1.82) is 5.26 Å². The molecule has 1 saturated carbocycles. The molecule has 1 N–H and O–H groups in total. The van der Waals surface area contributed by atoms with Crippen LogP contribution in [0.3, 0.4) is 0 Å². The summed E-state index contributed by atoms with van der Waals surface area (Å²) in [4.78, 5) is 0. The Morgan fingerprint density at radius 3 is 2.41 bits per heavy atom. The summed E-state index contributed by atoms with van der Waals surface area (Å²) < 4.78 is 5.50. The Labute approximate surface area is 104 Å². The topological polar surface area (TPSA) is 53.2 Å². The monoisotopic (exact) mass is 237 g/mol. The molecule has 1 saturated heterocycles. The molecule has 1 aliphatic carbocycles. The van der Waals surface area contributed by atoms with E-state index in [0.29, 0.717) is 13.0 Å². The summed E-state index contributed by atoms with van der Waals surface area (Å²) in [7, 11) is 0. The Hall–Kier alpha value is -0.590. The molecular weight excluding hydrogens is 214 g/mol. The number of ether oxygens (including phenoxy) is 1. The molecule has 2 fully saturated rings. The predicted molar refractivity (Wildman–Crippen MR) is 65.3 cm³/mol. The second-order valence-corrected chi connectivity index (χ2v) is 5.73.